The van der Waals surface area contributed by atoms with Crippen LogP contribution in [0.2, 0.25) is 0 Å². The molecule has 2 aromatic carbocycles. The minimum Gasteiger partial charge on any atom is -0.388 e. The molecule has 0 saturated heterocycles. The van der Waals surface area contributed by atoms with Gasteiger partial charge in [-0.15, -0.1) is 0 Å². The van der Waals surface area contributed by atoms with Crippen molar-refractivity contribution >= 4 is 18.4 Å². The van der Waals surface area contributed by atoms with Crippen LogP contribution in [0.25, 0.3) is 11.4 Å². The summed E-state index contributed by atoms with van der Waals surface area (Å²) in [5.74, 6) is 0.921. The largest absolute Gasteiger partial charge is 0.388 e. The zero-order valence-corrected chi connectivity index (χ0v) is 19.8. The number of nitrogens with zero attached hydrogens (tertiary/aromatic N) is 1. The van der Waals surface area contributed by atoms with Crippen molar-refractivity contribution < 1.29 is 9.59 Å². The van der Waals surface area contributed by atoms with Crippen molar-refractivity contribution in [1.29, 1.82) is 0 Å². The number of H-pyrrole nitrogens is 1. The number of nitrogens with one attached hydrogen (secondary N) is 3. The standard InChI is InChI=1S/C11H13N3.C7H6O.C6H11NO.C2H6/c1-8-7-13-11(14-8)9-3-5-10(12-2)6-4-9;8-6-7-4-2-1-3-5-7;1-2-3-4-5-7-6-8;1-2/h3-7,12H,1-2H3,(H,13,14);1-6H;3-4,6H,2,5H2,1H3,(H,7,8);1-2H3/b;;4-3-;. The molecule has 0 atom stereocenters. The molecule has 0 spiro atoms. The lowest BCUT2D eigenvalue weighted by atomic mass is 10.2. The van der Waals surface area contributed by atoms with E-state index < -0.39 is 0 Å². The summed E-state index contributed by atoms with van der Waals surface area (Å²) >= 11 is 0. The van der Waals surface area contributed by atoms with Gasteiger partial charge in [-0.1, -0.05) is 63.3 Å². The maximum absolute atomic E-state index is 10.0. The highest BCUT2D eigenvalue weighted by atomic mass is 16.1. The third kappa shape index (κ3) is 12.8. The lowest BCUT2D eigenvalue weighted by molar-refractivity contribution is -0.109. The molecule has 1 amide bonds. The molecule has 0 radical (unpaired) electrons. The first-order valence-electron chi connectivity index (χ1n) is 10.8. The molecule has 3 N–H and O–H groups in total. The van der Waals surface area contributed by atoms with Gasteiger partial charge in [0.15, 0.2) is 0 Å². The molecule has 0 aliphatic rings. The van der Waals surface area contributed by atoms with Crippen LogP contribution in [0.15, 0.2) is 72.9 Å². The number of allylic oxidation sites excluding steroid dienone is 1. The van der Waals surface area contributed by atoms with Crippen LogP contribution in [0.5, 0.6) is 0 Å². The predicted octanol–water partition coefficient (Wildman–Crippen LogP) is 5.65. The smallest absolute Gasteiger partial charge is 0.207 e. The van der Waals surface area contributed by atoms with Gasteiger partial charge < -0.3 is 15.6 Å². The van der Waals surface area contributed by atoms with Crippen LogP contribution >= 0.6 is 0 Å². The Kier molecular flexibility index (Phi) is 17.1. The molecular formula is C26H36N4O2. The summed E-state index contributed by atoms with van der Waals surface area (Å²) in [6.45, 7) is 8.70. The lowest BCUT2D eigenvalue weighted by Crippen LogP contribution is -2.09. The number of rotatable bonds is 7. The summed E-state index contributed by atoms with van der Waals surface area (Å²) in [7, 11) is 1.91. The second-order valence-electron chi connectivity index (χ2n) is 6.18. The Balaban J connectivity index is 0.000000462. The minimum absolute atomic E-state index is 0.650. The van der Waals surface area contributed by atoms with E-state index in [0.717, 1.165) is 41.0 Å². The van der Waals surface area contributed by atoms with Crippen molar-refractivity contribution in [2.75, 3.05) is 18.9 Å². The highest BCUT2D eigenvalue weighted by Gasteiger charge is 2.00. The van der Waals surface area contributed by atoms with E-state index in [9.17, 15) is 9.59 Å². The summed E-state index contributed by atoms with van der Waals surface area (Å²) < 4.78 is 0. The number of hydrogen-bond donors (Lipinski definition) is 3. The number of aromatic amines is 1. The van der Waals surface area contributed by atoms with Gasteiger partial charge in [0.1, 0.15) is 12.1 Å². The summed E-state index contributed by atoms with van der Waals surface area (Å²) in [5, 5.41) is 5.60. The molecule has 0 aliphatic carbocycles. The van der Waals surface area contributed by atoms with E-state index in [1.54, 1.807) is 12.1 Å². The van der Waals surface area contributed by atoms with Gasteiger partial charge in [0, 0.05) is 42.3 Å². The van der Waals surface area contributed by atoms with E-state index in [4.69, 9.17) is 0 Å². The molecule has 32 heavy (non-hydrogen) atoms. The van der Waals surface area contributed by atoms with Crippen LogP contribution in [0.3, 0.4) is 0 Å². The average molecular weight is 437 g/mol. The summed E-state index contributed by atoms with van der Waals surface area (Å²) in [5.41, 5.74) is 4.03. The maximum atomic E-state index is 10.0. The number of aryl methyl sites for hydroxylation is 1. The number of benzene rings is 2. The monoisotopic (exact) mass is 436 g/mol. The van der Waals surface area contributed by atoms with Crippen molar-refractivity contribution in [2.24, 2.45) is 0 Å². The molecule has 0 bridgehead atoms. The molecular weight excluding hydrogens is 400 g/mol. The number of imidazole rings is 1. The van der Waals surface area contributed by atoms with E-state index in [1.807, 2.05) is 88.6 Å². The topological polar surface area (TPSA) is 86.9 Å². The van der Waals surface area contributed by atoms with Gasteiger partial charge in [-0.3, -0.25) is 9.59 Å². The second kappa shape index (κ2) is 19.3. The average Bonchev–Trinajstić information content (AvgIpc) is 3.31. The molecule has 1 heterocycles. The van der Waals surface area contributed by atoms with Crippen molar-refractivity contribution in [3.8, 4) is 11.4 Å². The van der Waals surface area contributed by atoms with Gasteiger partial charge in [-0.2, -0.15) is 0 Å². The summed E-state index contributed by atoms with van der Waals surface area (Å²) in [4.78, 5) is 27.1. The minimum atomic E-state index is 0.650. The third-order valence-electron chi connectivity index (χ3n) is 3.81. The van der Waals surface area contributed by atoms with Gasteiger partial charge in [0.2, 0.25) is 6.41 Å². The molecule has 1 aromatic heterocycles. The van der Waals surface area contributed by atoms with Crippen molar-refractivity contribution in [2.45, 2.75) is 34.1 Å². The Bertz CT molecular complexity index is 872. The van der Waals surface area contributed by atoms with Gasteiger partial charge in [-0.05, 0) is 37.6 Å². The first kappa shape index (κ1) is 28.3. The number of carbonyl (C=O) groups is 2. The summed E-state index contributed by atoms with van der Waals surface area (Å²) in [6, 6.07) is 17.3. The number of aldehydes is 1. The number of amides is 1. The normalized spacial score (nSPS) is 9.16. The van der Waals surface area contributed by atoms with Crippen molar-refractivity contribution in [1.82, 2.24) is 15.3 Å². The van der Waals surface area contributed by atoms with E-state index in [1.165, 1.54) is 0 Å². The predicted molar refractivity (Wildman–Crippen MR) is 135 cm³/mol. The van der Waals surface area contributed by atoms with Crippen LogP contribution in [-0.2, 0) is 4.79 Å². The second-order valence-corrected chi connectivity index (χ2v) is 6.18. The molecule has 6 nitrogen and oxygen atoms in total. The van der Waals surface area contributed by atoms with Crippen molar-refractivity contribution in [3.63, 3.8) is 0 Å². The Morgan fingerprint density at radius 3 is 2.06 bits per heavy atom. The Morgan fingerprint density at radius 1 is 0.969 bits per heavy atom. The van der Waals surface area contributed by atoms with Crippen LogP contribution < -0.4 is 10.6 Å². The fourth-order valence-corrected chi connectivity index (χ4v) is 2.25. The quantitative estimate of drug-likeness (QED) is 0.254. The number of carbonyl (C=O) groups excluding carboxylic acids is 2. The SMILES string of the molecule is CC.CC/C=C\CNC=O.CNc1ccc(-c2ncc(C)[nH]2)cc1.O=Cc1ccccc1. The molecule has 3 aromatic rings. The van der Waals surface area contributed by atoms with Crippen LogP contribution in [0, 0.1) is 6.92 Å². The van der Waals surface area contributed by atoms with Crippen LogP contribution in [-0.4, -0.2) is 36.3 Å². The zero-order chi connectivity index (χ0) is 24.0. The van der Waals surface area contributed by atoms with E-state index in [-0.39, 0.29) is 0 Å². The maximum Gasteiger partial charge on any atom is 0.207 e. The molecule has 0 saturated carbocycles. The van der Waals surface area contributed by atoms with E-state index in [0.29, 0.717) is 13.0 Å². The first-order valence-corrected chi connectivity index (χ1v) is 10.8. The van der Waals surface area contributed by atoms with Gasteiger partial charge in [-0.25, -0.2) is 4.98 Å². The fraction of sp³-hybridized carbons (Fsp3) is 0.269. The highest BCUT2D eigenvalue weighted by Crippen LogP contribution is 2.17. The van der Waals surface area contributed by atoms with Gasteiger partial charge in [0.25, 0.3) is 0 Å². The summed E-state index contributed by atoms with van der Waals surface area (Å²) in [6.07, 6.45) is 8.33. The highest BCUT2D eigenvalue weighted by molar-refractivity contribution is 5.74. The van der Waals surface area contributed by atoms with Gasteiger partial charge >= 0.3 is 0 Å². The molecule has 3 rings (SSSR count). The fourth-order valence-electron chi connectivity index (χ4n) is 2.25. The number of hydrogen-bond acceptors (Lipinski definition) is 4. The molecule has 0 fully saturated rings. The number of aromatic nitrogens is 2. The van der Waals surface area contributed by atoms with E-state index in [2.05, 4.69) is 27.5 Å². The molecule has 0 aliphatic heterocycles. The van der Waals surface area contributed by atoms with Crippen LogP contribution in [0.1, 0.15) is 43.2 Å². The Morgan fingerprint density at radius 2 is 1.62 bits per heavy atom. The first-order chi connectivity index (χ1) is 15.6. The van der Waals surface area contributed by atoms with Gasteiger partial charge in [0.05, 0.1) is 0 Å². The number of anilines is 1. The Labute approximate surface area is 192 Å². The zero-order valence-electron chi connectivity index (χ0n) is 19.8. The van der Waals surface area contributed by atoms with Crippen LogP contribution in [0.4, 0.5) is 5.69 Å². The van der Waals surface area contributed by atoms with E-state index >= 15 is 0 Å². The lowest BCUT2D eigenvalue weighted by Gasteiger charge is -2.00. The third-order valence-corrected chi connectivity index (χ3v) is 3.81. The molecule has 172 valence electrons. The molecule has 6 heteroatoms. The molecule has 0 unspecified atom stereocenters. The Hall–Kier alpha value is -3.67. The van der Waals surface area contributed by atoms with Crippen molar-refractivity contribution in [3.05, 3.63) is 84.2 Å².